The number of nitrogen functional groups attached to an aromatic ring is 1. The fraction of sp³-hybridized carbons (Fsp3) is 0.462. The molecule has 0 radical (unpaired) electrons. The zero-order valence-corrected chi connectivity index (χ0v) is 12.2. The lowest BCUT2D eigenvalue weighted by molar-refractivity contribution is 0.0527. The molecule has 0 spiro atoms. The Morgan fingerprint density at radius 3 is 2.74 bits per heavy atom. The summed E-state index contributed by atoms with van der Waals surface area (Å²) in [5.74, 6) is -0.434. The van der Waals surface area contributed by atoms with Crippen molar-refractivity contribution in [2.75, 3.05) is 44.5 Å². The highest BCUT2D eigenvalue weighted by molar-refractivity contribution is 6.34. The molecule has 0 aromatic heterocycles. The summed E-state index contributed by atoms with van der Waals surface area (Å²) in [4.78, 5) is 13.8. The third-order valence-electron chi connectivity index (χ3n) is 2.59. The second-order valence-electron chi connectivity index (χ2n) is 4.03. The van der Waals surface area contributed by atoms with Gasteiger partial charge in [0.15, 0.2) is 0 Å². The largest absolute Gasteiger partial charge is 0.462 e. The maximum Gasteiger partial charge on any atom is 0.340 e. The summed E-state index contributed by atoms with van der Waals surface area (Å²) in [6.45, 7) is 3.18. The Morgan fingerprint density at radius 2 is 2.16 bits per heavy atom. The van der Waals surface area contributed by atoms with Gasteiger partial charge in [0.2, 0.25) is 0 Å². The quantitative estimate of drug-likeness (QED) is 0.641. The predicted octanol–water partition coefficient (Wildman–Crippen LogP) is 2.18. The molecule has 0 atom stereocenters. The molecule has 0 saturated carbocycles. The van der Waals surface area contributed by atoms with Crippen LogP contribution in [-0.4, -0.2) is 39.9 Å². The highest BCUT2D eigenvalue weighted by Gasteiger charge is 2.19. The number of rotatable bonds is 6. The van der Waals surface area contributed by atoms with Gasteiger partial charge in [-0.2, -0.15) is 0 Å². The van der Waals surface area contributed by atoms with Crippen LogP contribution >= 0.6 is 11.6 Å². The molecular formula is C13H19ClN2O3. The number of esters is 1. The number of methoxy groups -OCH3 is 1. The molecule has 0 unspecified atom stereocenters. The number of anilines is 2. The van der Waals surface area contributed by atoms with Crippen molar-refractivity contribution >= 4 is 28.9 Å². The van der Waals surface area contributed by atoms with E-state index in [1.54, 1.807) is 26.2 Å². The maximum atomic E-state index is 12.0. The topological polar surface area (TPSA) is 64.8 Å². The standard InChI is InChI=1S/C13H19ClN2O3/c1-4-19-13(17)10-7-9(15)8-11(14)12(10)16(2)5-6-18-3/h7-8H,4-6,15H2,1-3H3. The van der Waals surface area contributed by atoms with Gasteiger partial charge >= 0.3 is 5.97 Å². The number of likely N-dealkylation sites (N-methyl/N-ethyl adjacent to an activating group) is 1. The molecule has 0 aliphatic heterocycles. The molecule has 6 heteroatoms. The predicted molar refractivity (Wildman–Crippen MR) is 77.0 cm³/mol. The average Bonchev–Trinajstić information content (AvgIpc) is 2.35. The molecule has 5 nitrogen and oxygen atoms in total. The number of benzene rings is 1. The van der Waals surface area contributed by atoms with Crippen molar-refractivity contribution in [3.63, 3.8) is 0 Å². The monoisotopic (exact) mass is 286 g/mol. The van der Waals surface area contributed by atoms with Gasteiger partial charge in [-0.15, -0.1) is 0 Å². The Bertz CT molecular complexity index is 452. The first kappa shape index (κ1) is 15.6. The molecule has 1 rings (SSSR count). The molecule has 0 aliphatic rings. The first-order valence-electron chi connectivity index (χ1n) is 5.97. The van der Waals surface area contributed by atoms with E-state index in [-0.39, 0.29) is 0 Å². The fourth-order valence-electron chi connectivity index (χ4n) is 1.71. The van der Waals surface area contributed by atoms with E-state index in [1.807, 2.05) is 11.9 Å². The van der Waals surface area contributed by atoms with Crippen molar-refractivity contribution in [2.45, 2.75) is 6.92 Å². The van der Waals surface area contributed by atoms with Gasteiger partial charge in [-0.05, 0) is 19.1 Å². The van der Waals surface area contributed by atoms with Gasteiger partial charge in [-0.1, -0.05) is 11.6 Å². The minimum absolute atomic E-state index is 0.298. The van der Waals surface area contributed by atoms with E-state index in [2.05, 4.69) is 0 Å². The van der Waals surface area contributed by atoms with Crippen molar-refractivity contribution in [2.24, 2.45) is 0 Å². The van der Waals surface area contributed by atoms with Gasteiger partial charge in [0, 0.05) is 26.4 Å². The molecule has 0 amide bonds. The summed E-state index contributed by atoms with van der Waals surface area (Å²) in [5, 5.41) is 0.418. The summed E-state index contributed by atoms with van der Waals surface area (Å²) in [6.07, 6.45) is 0. The third kappa shape index (κ3) is 4.01. The molecule has 0 saturated heterocycles. The molecule has 0 heterocycles. The van der Waals surface area contributed by atoms with E-state index in [0.717, 1.165) is 0 Å². The van der Waals surface area contributed by atoms with Crippen molar-refractivity contribution in [1.29, 1.82) is 0 Å². The van der Waals surface area contributed by atoms with Crippen LogP contribution in [0.4, 0.5) is 11.4 Å². The van der Waals surface area contributed by atoms with Crippen molar-refractivity contribution in [3.05, 3.63) is 22.7 Å². The zero-order chi connectivity index (χ0) is 14.4. The maximum absolute atomic E-state index is 12.0. The van der Waals surface area contributed by atoms with Gasteiger partial charge < -0.3 is 20.1 Å². The van der Waals surface area contributed by atoms with E-state index in [1.165, 1.54) is 0 Å². The number of halogens is 1. The summed E-state index contributed by atoms with van der Waals surface area (Å²) in [6, 6.07) is 3.19. The summed E-state index contributed by atoms with van der Waals surface area (Å²) in [5.41, 5.74) is 7.12. The van der Waals surface area contributed by atoms with Gasteiger partial charge in [0.25, 0.3) is 0 Å². The Labute approximate surface area is 118 Å². The van der Waals surface area contributed by atoms with Crippen LogP contribution < -0.4 is 10.6 Å². The summed E-state index contributed by atoms with van der Waals surface area (Å²) in [7, 11) is 3.45. The van der Waals surface area contributed by atoms with Crippen molar-refractivity contribution in [1.82, 2.24) is 0 Å². The summed E-state index contributed by atoms with van der Waals surface area (Å²) < 4.78 is 10.0. The normalized spacial score (nSPS) is 10.3. The Hall–Kier alpha value is -1.46. The number of nitrogens with zero attached hydrogens (tertiary/aromatic N) is 1. The minimum atomic E-state index is -0.434. The van der Waals surface area contributed by atoms with Gasteiger partial charge in [0.1, 0.15) is 0 Å². The first-order valence-corrected chi connectivity index (χ1v) is 6.35. The van der Waals surface area contributed by atoms with Crippen molar-refractivity contribution in [3.8, 4) is 0 Å². The highest BCUT2D eigenvalue weighted by Crippen LogP contribution is 2.32. The van der Waals surface area contributed by atoms with Crippen LogP contribution in [0.25, 0.3) is 0 Å². The van der Waals surface area contributed by atoms with Crippen LogP contribution in [0.5, 0.6) is 0 Å². The Morgan fingerprint density at radius 1 is 1.47 bits per heavy atom. The van der Waals surface area contributed by atoms with Crippen LogP contribution in [-0.2, 0) is 9.47 Å². The third-order valence-corrected chi connectivity index (χ3v) is 2.88. The molecule has 0 aliphatic carbocycles. The van der Waals surface area contributed by atoms with Crippen LogP contribution in [0.1, 0.15) is 17.3 Å². The number of carbonyl (C=O) groups excluding carboxylic acids is 1. The molecule has 19 heavy (non-hydrogen) atoms. The highest BCUT2D eigenvalue weighted by atomic mass is 35.5. The van der Waals surface area contributed by atoms with E-state index in [9.17, 15) is 4.79 Å². The SMILES string of the molecule is CCOC(=O)c1cc(N)cc(Cl)c1N(C)CCOC. The Balaban J connectivity index is 3.16. The molecule has 106 valence electrons. The average molecular weight is 287 g/mol. The molecule has 0 fully saturated rings. The number of carbonyl (C=O) groups is 1. The van der Waals surface area contributed by atoms with Gasteiger partial charge in [-0.3, -0.25) is 0 Å². The minimum Gasteiger partial charge on any atom is -0.462 e. The second-order valence-corrected chi connectivity index (χ2v) is 4.44. The van der Waals surface area contributed by atoms with Crippen LogP contribution in [0.3, 0.4) is 0 Å². The van der Waals surface area contributed by atoms with Crippen LogP contribution in [0.15, 0.2) is 12.1 Å². The smallest absolute Gasteiger partial charge is 0.340 e. The van der Waals surface area contributed by atoms with E-state index in [0.29, 0.717) is 41.7 Å². The second kappa shape index (κ2) is 7.21. The first-order chi connectivity index (χ1) is 9.01. The lowest BCUT2D eigenvalue weighted by atomic mass is 10.1. The Kier molecular flexibility index (Phi) is 5.92. The number of ether oxygens (including phenoxy) is 2. The van der Waals surface area contributed by atoms with Crippen LogP contribution in [0.2, 0.25) is 5.02 Å². The van der Waals surface area contributed by atoms with E-state index < -0.39 is 5.97 Å². The van der Waals surface area contributed by atoms with E-state index >= 15 is 0 Å². The lowest BCUT2D eigenvalue weighted by Crippen LogP contribution is -2.25. The zero-order valence-electron chi connectivity index (χ0n) is 11.4. The fourth-order valence-corrected chi connectivity index (χ4v) is 2.08. The number of hydrogen-bond acceptors (Lipinski definition) is 5. The van der Waals surface area contributed by atoms with Gasteiger partial charge in [-0.25, -0.2) is 4.79 Å². The summed E-state index contributed by atoms with van der Waals surface area (Å²) >= 11 is 6.18. The molecule has 1 aromatic carbocycles. The van der Waals surface area contributed by atoms with Gasteiger partial charge in [0.05, 0.1) is 29.5 Å². The van der Waals surface area contributed by atoms with Crippen molar-refractivity contribution < 1.29 is 14.3 Å². The molecule has 2 N–H and O–H groups in total. The molecule has 0 bridgehead atoms. The van der Waals surface area contributed by atoms with Crippen LogP contribution in [0, 0.1) is 0 Å². The molecular weight excluding hydrogens is 268 g/mol. The number of nitrogens with two attached hydrogens (primary N) is 1. The van der Waals surface area contributed by atoms with E-state index in [4.69, 9.17) is 26.8 Å². The number of hydrogen-bond donors (Lipinski definition) is 1. The lowest BCUT2D eigenvalue weighted by Gasteiger charge is -2.23. The molecule has 1 aromatic rings.